The molecule has 1 atom stereocenters. The Morgan fingerprint density at radius 1 is 1.19 bits per heavy atom. The Labute approximate surface area is 129 Å². The highest BCUT2D eigenvalue weighted by atomic mass is 32.1. The Hall–Kier alpha value is -1.71. The fraction of sp³-hybridized carbons (Fsp3) is 0.278. The van der Waals surface area contributed by atoms with Gasteiger partial charge >= 0.3 is 0 Å². The number of rotatable bonds is 6. The van der Waals surface area contributed by atoms with Crippen molar-refractivity contribution >= 4 is 21.4 Å². The molecule has 1 unspecified atom stereocenters. The molecule has 2 heterocycles. The summed E-state index contributed by atoms with van der Waals surface area (Å²) in [5.74, 6) is 0. The van der Waals surface area contributed by atoms with Crippen LogP contribution in [0.5, 0.6) is 0 Å². The van der Waals surface area contributed by atoms with Gasteiger partial charge in [-0.1, -0.05) is 31.2 Å². The summed E-state index contributed by atoms with van der Waals surface area (Å²) in [6, 6.07) is 13.2. The van der Waals surface area contributed by atoms with Crippen LogP contribution >= 0.6 is 11.3 Å². The smallest absolute Gasteiger partial charge is 0.0375 e. The molecule has 0 spiro atoms. The van der Waals surface area contributed by atoms with Gasteiger partial charge < -0.3 is 5.32 Å². The molecular formula is C18H20N2S. The van der Waals surface area contributed by atoms with Crippen LogP contribution in [0.25, 0.3) is 10.1 Å². The quantitative estimate of drug-likeness (QED) is 0.720. The Balaban J connectivity index is 1.91. The van der Waals surface area contributed by atoms with E-state index in [1.165, 1.54) is 21.2 Å². The highest BCUT2D eigenvalue weighted by Gasteiger charge is 2.15. The maximum absolute atomic E-state index is 4.24. The van der Waals surface area contributed by atoms with Gasteiger partial charge in [0, 0.05) is 23.1 Å². The zero-order valence-electron chi connectivity index (χ0n) is 12.3. The average molecular weight is 296 g/mol. The van der Waals surface area contributed by atoms with Gasteiger partial charge in [0.05, 0.1) is 0 Å². The van der Waals surface area contributed by atoms with Gasteiger partial charge in [-0.2, -0.15) is 0 Å². The van der Waals surface area contributed by atoms with Crippen LogP contribution in [0.4, 0.5) is 0 Å². The molecule has 1 N–H and O–H groups in total. The summed E-state index contributed by atoms with van der Waals surface area (Å²) in [6.45, 7) is 3.25. The SMILES string of the molecule is CCCNC(Cc1cccnc1)c1csc2ccccc12. The van der Waals surface area contributed by atoms with Crippen molar-refractivity contribution in [1.82, 2.24) is 10.3 Å². The van der Waals surface area contributed by atoms with Crippen LogP contribution in [-0.2, 0) is 6.42 Å². The molecule has 0 fully saturated rings. The van der Waals surface area contributed by atoms with Crippen LogP contribution in [0, 0.1) is 0 Å². The topological polar surface area (TPSA) is 24.9 Å². The Morgan fingerprint density at radius 3 is 2.90 bits per heavy atom. The summed E-state index contributed by atoms with van der Waals surface area (Å²) in [4.78, 5) is 4.24. The van der Waals surface area contributed by atoms with E-state index in [9.17, 15) is 0 Å². The molecule has 3 rings (SSSR count). The minimum absolute atomic E-state index is 0.352. The molecule has 3 heteroatoms. The summed E-state index contributed by atoms with van der Waals surface area (Å²) >= 11 is 1.83. The summed E-state index contributed by atoms with van der Waals surface area (Å²) in [7, 11) is 0. The molecule has 0 radical (unpaired) electrons. The van der Waals surface area contributed by atoms with Crippen LogP contribution in [0.3, 0.4) is 0 Å². The van der Waals surface area contributed by atoms with Crippen LogP contribution < -0.4 is 5.32 Å². The van der Waals surface area contributed by atoms with Crippen molar-refractivity contribution in [2.75, 3.05) is 6.54 Å². The van der Waals surface area contributed by atoms with Gasteiger partial charge in [-0.3, -0.25) is 4.98 Å². The standard InChI is InChI=1S/C18H20N2S/c1-2-9-20-17(11-14-6-5-10-19-12-14)16-13-21-18-8-4-3-7-15(16)18/h3-8,10,12-13,17,20H,2,9,11H2,1H3. The van der Waals surface area contributed by atoms with Gasteiger partial charge in [0.1, 0.15) is 0 Å². The molecule has 0 aliphatic carbocycles. The fourth-order valence-electron chi connectivity index (χ4n) is 2.63. The summed E-state index contributed by atoms with van der Waals surface area (Å²) in [6.07, 6.45) is 5.92. The first kappa shape index (κ1) is 14.2. The van der Waals surface area contributed by atoms with Gasteiger partial charge in [-0.25, -0.2) is 0 Å². The van der Waals surface area contributed by atoms with E-state index in [4.69, 9.17) is 0 Å². The number of hydrogen-bond donors (Lipinski definition) is 1. The second-order valence-electron chi connectivity index (χ2n) is 5.26. The van der Waals surface area contributed by atoms with Crippen molar-refractivity contribution < 1.29 is 0 Å². The maximum Gasteiger partial charge on any atom is 0.0375 e. The van der Waals surface area contributed by atoms with E-state index >= 15 is 0 Å². The normalized spacial score (nSPS) is 12.6. The molecule has 108 valence electrons. The molecule has 0 saturated carbocycles. The van der Waals surface area contributed by atoms with E-state index in [0.717, 1.165) is 19.4 Å². The number of fused-ring (bicyclic) bond motifs is 1. The lowest BCUT2D eigenvalue weighted by atomic mass is 9.99. The van der Waals surface area contributed by atoms with Crippen LogP contribution in [-0.4, -0.2) is 11.5 Å². The fourth-order valence-corrected chi connectivity index (χ4v) is 3.65. The summed E-state index contributed by atoms with van der Waals surface area (Å²) in [5.41, 5.74) is 2.69. The highest BCUT2D eigenvalue weighted by molar-refractivity contribution is 7.17. The number of hydrogen-bond acceptors (Lipinski definition) is 3. The predicted molar refractivity (Wildman–Crippen MR) is 90.8 cm³/mol. The van der Waals surface area contributed by atoms with Gasteiger partial charge in [-0.05, 0) is 53.4 Å². The van der Waals surface area contributed by atoms with Gasteiger partial charge in [0.25, 0.3) is 0 Å². The first-order valence-corrected chi connectivity index (χ1v) is 8.35. The molecule has 2 nitrogen and oxygen atoms in total. The molecule has 0 amide bonds. The first-order chi connectivity index (χ1) is 10.4. The lowest BCUT2D eigenvalue weighted by Crippen LogP contribution is -2.23. The van der Waals surface area contributed by atoms with Crippen molar-refractivity contribution in [3.8, 4) is 0 Å². The van der Waals surface area contributed by atoms with E-state index in [0.29, 0.717) is 6.04 Å². The number of nitrogens with one attached hydrogen (secondary N) is 1. The molecule has 2 aromatic heterocycles. The first-order valence-electron chi connectivity index (χ1n) is 7.47. The third-order valence-electron chi connectivity index (χ3n) is 3.69. The number of nitrogens with zero attached hydrogens (tertiary/aromatic N) is 1. The second kappa shape index (κ2) is 6.83. The predicted octanol–water partition coefficient (Wildman–Crippen LogP) is 4.58. The molecular weight excluding hydrogens is 276 g/mol. The largest absolute Gasteiger partial charge is 0.310 e. The van der Waals surface area contributed by atoms with E-state index in [2.05, 4.69) is 52.9 Å². The number of pyridine rings is 1. The number of benzene rings is 1. The van der Waals surface area contributed by atoms with Crippen LogP contribution in [0.1, 0.15) is 30.5 Å². The van der Waals surface area contributed by atoms with E-state index in [1.54, 1.807) is 0 Å². The molecule has 0 saturated heterocycles. The monoisotopic (exact) mass is 296 g/mol. The zero-order chi connectivity index (χ0) is 14.5. The number of aromatic nitrogens is 1. The van der Waals surface area contributed by atoms with Crippen molar-refractivity contribution in [2.24, 2.45) is 0 Å². The van der Waals surface area contributed by atoms with Crippen LogP contribution in [0.15, 0.2) is 54.2 Å². The lowest BCUT2D eigenvalue weighted by Gasteiger charge is -2.18. The van der Waals surface area contributed by atoms with E-state index in [-0.39, 0.29) is 0 Å². The molecule has 0 aliphatic rings. The Morgan fingerprint density at radius 2 is 2.10 bits per heavy atom. The second-order valence-corrected chi connectivity index (χ2v) is 6.17. The highest BCUT2D eigenvalue weighted by Crippen LogP contribution is 2.31. The lowest BCUT2D eigenvalue weighted by molar-refractivity contribution is 0.533. The third-order valence-corrected chi connectivity index (χ3v) is 4.67. The molecule has 3 aromatic rings. The van der Waals surface area contributed by atoms with Crippen molar-refractivity contribution in [2.45, 2.75) is 25.8 Å². The van der Waals surface area contributed by atoms with Crippen molar-refractivity contribution in [1.29, 1.82) is 0 Å². The van der Waals surface area contributed by atoms with Gasteiger partial charge in [-0.15, -0.1) is 11.3 Å². The minimum atomic E-state index is 0.352. The zero-order valence-corrected chi connectivity index (χ0v) is 13.1. The van der Waals surface area contributed by atoms with Crippen molar-refractivity contribution in [3.63, 3.8) is 0 Å². The van der Waals surface area contributed by atoms with Gasteiger partial charge in [0.15, 0.2) is 0 Å². The van der Waals surface area contributed by atoms with Gasteiger partial charge in [0.2, 0.25) is 0 Å². The van der Waals surface area contributed by atoms with Crippen LogP contribution in [0.2, 0.25) is 0 Å². The van der Waals surface area contributed by atoms with E-state index in [1.807, 2.05) is 29.8 Å². The number of thiophene rings is 1. The molecule has 21 heavy (non-hydrogen) atoms. The Bertz CT molecular complexity index is 691. The Kier molecular flexibility index (Phi) is 4.63. The van der Waals surface area contributed by atoms with E-state index < -0.39 is 0 Å². The van der Waals surface area contributed by atoms with Crippen molar-refractivity contribution in [3.05, 3.63) is 65.3 Å². The maximum atomic E-state index is 4.24. The third kappa shape index (κ3) is 3.31. The summed E-state index contributed by atoms with van der Waals surface area (Å²) < 4.78 is 1.36. The minimum Gasteiger partial charge on any atom is -0.310 e. The molecule has 0 bridgehead atoms. The average Bonchev–Trinajstić information content (AvgIpc) is 2.96. The molecule has 0 aliphatic heterocycles. The summed E-state index contributed by atoms with van der Waals surface area (Å²) in [5, 5.41) is 7.37. The molecule has 1 aromatic carbocycles.